The van der Waals surface area contributed by atoms with Crippen LogP contribution in [-0.4, -0.2) is 9.55 Å². The van der Waals surface area contributed by atoms with Gasteiger partial charge in [0.15, 0.2) is 11.6 Å². The Hall–Kier alpha value is -3.45. The van der Waals surface area contributed by atoms with Crippen molar-refractivity contribution in [1.82, 2.24) is 9.55 Å². The number of hydrogen-bond acceptors (Lipinski definition) is 3. The van der Waals surface area contributed by atoms with Gasteiger partial charge in [0.1, 0.15) is 17.1 Å². The Balaban J connectivity index is 1.92. The van der Waals surface area contributed by atoms with E-state index < -0.39 is 11.6 Å². The molecule has 2 aromatic heterocycles. The van der Waals surface area contributed by atoms with Crippen LogP contribution in [0.4, 0.5) is 8.78 Å². The van der Waals surface area contributed by atoms with Crippen molar-refractivity contribution in [2.24, 2.45) is 12.8 Å². The van der Waals surface area contributed by atoms with Crippen LogP contribution >= 0.6 is 0 Å². The number of hydrogen-bond donors (Lipinski definition) is 2. The van der Waals surface area contributed by atoms with Gasteiger partial charge in [-0.3, -0.25) is 4.79 Å². The Labute approximate surface area is 159 Å². The number of fused-ring (bicyclic) bond motifs is 1. The Bertz CT molecular complexity index is 1240. The van der Waals surface area contributed by atoms with Crippen molar-refractivity contribution in [2.75, 3.05) is 0 Å². The third-order valence-electron chi connectivity index (χ3n) is 4.58. The largest absolute Gasteiger partial charge is 0.454 e. The maximum Gasteiger partial charge on any atom is 0.272 e. The van der Waals surface area contributed by atoms with E-state index in [2.05, 4.69) is 4.98 Å². The van der Waals surface area contributed by atoms with Gasteiger partial charge in [-0.1, -0.05) is 6.07 Å². The summed E-state index contributed by atoms with van der Waals surface area (Å²) in [7, 11) is 1.77. The van der Waals surface area contributed by atoms with Crippen molar-refractivity contribution >= 4 is 10.9 Å². The summed E-state index contributed by atoms with van der Waals surface area (Å²) in [6.07, 6.45) is 3.38. The van der Waals surface area contributed by atoms with E-state index in [0.29, 0.717) is 23.4 Å². The van der Waals surface area contributed by atoms with Crippen LogP contribution in [0.2, 0.25) is 0 Å². The highest BCUT2D eigenvalue weighted by atomic mass is 19.1. The number of rotatable bonds is 4. The molecular formula is C21H17F2N3O2. The Morgan fingerprint density at radius 1 is 1.07 bits per heavy atom. The van der Waals surface area contributed by atoms with Crippen LogP contribution in [0.1, 0.15) is 5.56 Å². The second kappa shape index (κ2) is 6.94. The first-order valence-electron chi connectivity index (χ1n) is 8.61. The molecule has 4 rings (SSSR count). The fraction of sp³-hybridized carbons (Fsp3) is 0.0952. The van der Waals surface area contributed by atoms with Gasteiger partial charge in [0, 0.05) is 48.6 Å². The highest BCUT2D eigenvalue weighted by molar-refractivity contribution is 5.97. The summed E-state index contributed by atoms with van der Waals surface area (Å²) in [5.74, 6) is -1.21. The molecule has 0 spiro atoms. The predicted octanol–water partition coefficient (Wildman–Crippen LogP) is 4.06. The minimum Gasteiger partial charge on any atom is -0.454 e. The van der Waals surface area contributed by atoms with Gasteiger partial charge in [0.2, 0.25) is 0 Å². The average molecular weight is 381 g/mol. The highest BCUT2D eigenvalue weighted by Crippen LogP contribution is 2.38. The number of aromatic amines is 1. The molecule has 0 saturated heterocycles. The molecule has 0 unspecified atom stereocenters. The summed E-state index contributed by atoms with van der Waals surface area (Å²) in [5, 5.41) is 0.727. The summed E-state index contributed by atoms with van der Waals surface area (Å²) in [5.41, 5.74) is 8.33. The number of nitrogens with zero attached hydrogens (tertiary/aromatic N) is 1. The monoisotopic (exact) mass is 381 g/mol. The van der Waals surface area contributed by atoms with E-state index in [4.69, 9.17) is 10.5 Å². The number of H-pyrrole nitrogens is 1. The fourth-order valence-corrected chi connectivity index (χ4v) is 3.26. The van der Waals surface area contributed by atoms with Crippen LogP contribution in [0.25, 0.3) is 22.0 Å². The normalized spacial score (nSPS) is 11.1. The SMILES string of the molecule is Cn1cc(-c2cc(CN)ccc2Oc2ccc(F)cc2F)c2cc[nH]c(=O)c21. The average Bonchev–Trinajstić information content (AvgIpc) is 3.02. The van der Waals surface area contributed by atoms with Crippen molar-refractivity contribution in [1.29, 1.82) is 0 Å². The molecule has 3 N–H and O–H groups in total. The molecule has 0 amide bonds. The third-order valence-corrected chi connectivity index (χ3v) is 4.58. The quantitative estimate of drug-likeness (QED) is 0.560. The topological polar surface area (TPSA) is 73.0 Å². The maximum atomic E-state index is 14.1. The van der Waals surface area contributed by atoms with Gasteiger partial charge in [-0.2, -0.15) is 0 Å². The molecule has 0 bridgehead atoms. The number of ether oxygens (including phenoxy) is 1. The molecule has 0 fully saturated rings. The minimum atomic E-state index is -0.803. The molecule has 0 aliphatic rings. The highest BCUT2D eigenvalue weighted by Gasteiger charge is 2.17. The number of aromatic nitrogens is 2. The van der Waals surface area contributed by atoms with Crippen LogP contribution in [0.15, 0.2) is 59.7 Å². The minimum absolute atomic E-state index is 0.0961. The van der Waals surface area contributed by atoms with Crippen LogP contribution < -0.4 is 16.0 Å². The molecule has 4 aromatic rings. The molecule has 0 aliphatic carbocycles. The first-order valence-corrected chi connectivity index (χ1v) is 8.61. The van der Waals surface area contributed by atoms with Gasteiger partial charge in [0.05, 0.1) is 0 Å². The Morgan fingerprint density at radius 3 is 2.61 bits per heavy atom. The molecule has 2 aromatic carbocycles. The summed E-state index contributed by atoms with van der Waals surface area (Å²) in [6.45, 7) is 0.309. The van der Waals surface area contributed by atoms with E-state index in [-0.39, 0.29) is 11.3 Å². The molecule has 2 heterocycles. The van der Waals surface area contributed by atoms with Crippen LogP contribution in [0, 0.1) is 11.6 Å². The zero-order valence-electron chi connectivity index (χ0n) is 15.0. The summed E-state index contributed by atoms with van der Waals surface area (Å²) < 4.78 is 34.8. The van der Waals surface area contributed by atoms with Gasteiger partial charge in [0.25, 0.3) is 5.56 Å². The zero-order chi connectivity index (χ0) is 19.8. The lowest BCUT2D eigenvalue weighted by molar-refractivity contribution is 0.439. The predicted molar refractivity (Wildman–Crippen MR) is 103 cm³/mol. The van der Waals surface area contributed by atoms with Gasteiger partial charge in [-0.05, 0) is 35.9 Å². The smallest absolute Gasteiger partial charge is 0.272 e. The number of aryl methyl sites for hydroxylation is 1. The van der Waals surface area contributed by atoms with E-state index in [1.54, 1.807) is 36.0 Å². The summed E-state index contributed by atoms with van der Waals surface area (Å²) >= 11 is 0. The maximum absolute atomic E-state index is 14.1. The van der Waals surface area contributed by atoms with Gasteiger partial charge >= 0.3 is 0 Å². The molecule has 5 nitrogen and oxygen atoms in total. The summed E-state index contributed by atoms with van der Waals surface area (Å²) in [4.78, 5) is 14.9. The molecule has 28 heavy (non-hydrogen) atoms. The molecule has 0 saturated carbocycles. The molecule has 0 atom stereocenters. The van der Waals surface area contributed by atoms with E-state index in [0.717, 1.165) is 28.6 Å². The molecule has 7 heteroatoms. The summed E-state index contributed by atoms with van der Waals surface area (Å²) in [6, 6.07) is 10.2. The lowest BCUT2D eigenvalue weighted by atomic mass is 10.0. The van der Waals surface area contributed by atoms with Crippen LogP contribution in [-0.2, 0) is 13.6 Å². The number of benzene rings is 2. The van der Waals surface area contributed by atoms with E-state index >= 15 is 0 Å². The van der Waals surface area contributed by atoms with Crippen molar-refractivity contribution in [3.63, 3.8) is 0 Å². The molecule has 142 valence electrons. The number of pyridine rings is 1. The second-order valence-electron chi connectivity index (χ2n) is 6.43. The lowest BCUT2D eigenvalue weighted by Gasteiger charge is -2.13. The second-order valence-corrected chi connectivity index (χ2v) is 6.43. The van der Waals surface area contributed by atoms with E-state index in [1.165, 1.54) is 6.07 Å². The molecular weight excluding hydrogens is 364 g/mol. The molecule has 0 aliphatic heterocycles. The number of nitrogens with two attached hydrogens (primary N) is 1. The van der Waals surface area contributed by atoms with Gasteiger partial charge in [-0.15, -0.1) is 0 Å². The Kier molecular flexibility index (Phi) is 4.44. The fourth-order valence-electron chi connectivity index (χ4n) is 3.26. The van der Waals surface area contributed by atoms with Crippen LogP contribution in [0.3, 0.4) is 0 Å². The van der Waals surface area contributed by atoms with Crippen molar-refractivity contribution in [3.8, 4) is 22.6 Å². The van der Waals surface area contributed by atoms with Crippen LogP contribution in [0.5, 0.6) is 11.5 Å². The van der Waals surface area contributed by atoms with Crippen molar-refractivity contribution in [3.05, 3.63) is 82.4 Å². The van der Waals surface area contributed by atoms with E-state index in [9.17, 15) is 13.6 Å². The van der Waals surface area contributed by atoms with Gasteiger partial charge in [-0.25, -0.2) is 8.78 Å². The number of halogens is 2. The van der Waals surface area contributed by atoms with Gasteiger partial charge < -0.3 is 20.0 Å². The number of nitrogens with one attached hydrogen (secondary N) is 1. The molecule has 0 radical (unpaired) electrons. The third kappa shape index (κ3) is 3.05. The first kappa shape index (κ1) is 17.9. The first-order chi connectivity index (χ1) is 13.5. The van der Waals surface area contributed by atoms with E-state index in [1.807, 2.05) is 12.3 Å². The Morgan fingerprint density at radius 2 is 1.86 bits per heavy atom. The lowest BCUT2D eigenvalue weighted by Crippen LogP contribution is -2.07. The van der Waals surface area contributed by atoms with Crippen molar-refractivity contribution in [2.45, 2.75) is 6.54 Å². The van der Waals surface area contributed by atoms with Crippen molar-refractivity contribution < 1.29 is 13.5 Å². The standard InChI is InChI=1S/C21H17F2N3O2/c1-26-11-16(14-6-7-25-21(27)20(14)26)15-8-12(10-24)2-4-18(15)28-19-5-3-13(22)9-17(19)23/h2-9,11H,10,24H2,1H3,(H,25,27). The zero-order valence-corrected chi connectivity index (χ0v) is 15.0.